The number of carbonyl (C=O) groups excluding carboxylic acids is 1. The molecule has 0 aliphatic heterocycles. The van der Waals surface area contributed by atoms with Crippen molar-refractivity contribution >= 4 is 47.4 Å². The average molecular weight is 458 g/mol. The van der Waals surface area contributed by atoms with Crippen LogP contribution in [0.2, 0.25) is 5.02 Å². The smallest absolute Gasteiger partial charge is 0.333 e. The molecule has 11 heteroatoms. The van der Waals surface area contributed by atoms with Crippen LogP contribution in [-0.4, -0.2) is 37.3 Å². The molecule has 4 aromatic rings. The molecule has 0 aliphatic carbocycles. The molecule has 0 radical (unpaired) electrons. The first kappa shape index (κ1) is 21.0. The quantitative estimate of drug-likeness (QED) is 0.440. The first-order valence-electron chi connectivity index (χ1n) is 9.32. The molecular formula is C20H17ClFN7OS. The monoisotopic (exact) mass is 457 g/mol. The lowest BCUT2D eigenvalue weighted by atomic mass is 10.2. The van der Waals surface area contributed by atoms with Crippen LogP contribution in [0.1, 0.15) is 12.5 Å². The highest BCUT2D eigenvalue weighted by molar-refractivity contribution is 7.82. The number of pyridine rings is 1. The Labute approximate surface area is 187 Å². The third-order valence-electron chi connectivity index (χ3n) is 4.39. The van der Waals surface area contributed by atoms with E-state index in [4.69, 9.17) is 11.6 Å². The van der Waals surface area contributed by atoms with E-state index in [0.29, 0.717) is 35.8 Å². The van der Waals surface area contributed by atoms with Crippen molar-refractivity contribution in [1.29, 1.82) is 0 Å². The fourth-order valence-corrected chi connectivity index (χ4v) is 3.27. The first-order chi connectivity index (χ1) is 14.9. The topological polar surface area (TPSA) is 88.8 Å². The molecule has 2 amide bonds. The molecule has 158 valence electrons. The largest absolute Gasteiger partial charge is 0.337 e. The Kier molecular flexibility index (Phi) is 6.01. The van der Waals surface area contributed by atoms with Gasteiger partial charge in [0.1, 0.15) is 17.2 Å². The minimum Gasteiger partial charge on any atom is -0.337 e. The van der Waals surface area contributed by atoms with E-state index in [1.54, 1.807) is 47.5 Å². The molecule has 1 N–H and O–H groups in total. The molecule has 1 aromatic carbocycles. The standard InChI is InChI=1S/C20H17ClFN7OS/c1-2-23-20(30)29(31)18-6-5-16-19(27-18)26-17(9-24-16)13-8-25-28(11-13)10-12-3-4-15(22)14(21)7-12/h3-9,11,31H,2,10H2,1H3,(H,23,30). The van der Waals surface area contributed by atoms with Crippen molar-refractivity contribution in [3.8, 4) is 11.3 Å². The number of thiol groups is 1. The van der Waals surface area contributed by atoms with Gasteiger partial charge in [-0.15, -0.1) is 0 Å². The normalized spacial score (nSPS) is 11.0. The van der Waals surface area contributed by atoms with E-state index in [2.05, 4.69) is 38.2 Å². The van der Waals surface area contributed by atoms with Gasteiger partial charge < -0.3 is 5.32 Å². The minimum absolute atomic E-state index is 0.0676. The van der Waals surface area contributed by atoms with E-state index in [0.717, 1.165) is 15.4 Å². The Bertz CT molecular complexity index is 1270. The maximum atomic E-state index is 13.3. The third-order valence-corrected chi connectivity index (χ3v) is 5.06. The van der Waals surface area contributed by atoms with Crippen LogP contribution in [0.4, 0.5) is 15.0 Å². The van der Waals surface area contributed by atoms with Crippen LogP contribution in [0.5, 0.6) is 0 Å². The molecule has 0 bridgehead atoms. The molecule has 8 nitrogen and oxygen atoms in total. The number of carbonyl (C=O) groups is 1. The molecule has 0 saturated carbocycles. The number of hydrogen-bond acceptors (Lipinski definition) is 6. The van der Waals surface area contributed by atoms with Gasteiger partial charge >= 0.3 is 6.03 Å². The lowest BCUT2D eigenvalue weighted by Crippen LogP contribution is -2.34. The zero-order valence-electron chi connectivity index (χ0n) is 16.3. The molecule has 0 saturated heterocycles. The SMILES string of the molecule is CCNC(=O)N(S)c1ccc2ncc(-c3cnn(Cc4ccc(F)c(Cl)c4)c3)nc2n1. The maximum Gasteiger partial charge on any atom is 0.333 e. The summed E-state index contributed by atoms with van der Waals surface area (Å²) in [5, 5.41) is 7.05. The summed E-state index contributed by atoms with van der Waals surface area (Å²) in [6.45, 7) is 2.71. The highest BCUT2D eigenvalue weighted by atomic mass is 35.5. The summed E-state index contributed by atoms with van der Waals surface area (Å²) >= 11 is 10.0. The number of nitrogens with one attached hydrogen (secondary N) is 1. The Balaban J connectivity index is 1.59. The lowest BCUT2D eigenvalue weighted by molar-refractivity contribution is 0.250. The number of urea groups is 1. The second-order valence-electron chi connectivity index (χ2n) is 6.59. The second-order valence-corrected chi connectivity index (χ2v) is 7.40. The predicted octanol–water partition coefficient (Wildman–Crippen LogP) is 4.11. The number of nitrogens with zero attached hydrogens (tertiary/aromatic N) is 6. The molecule has 0 fully saturated rings. The number of fused-ring (bicyclic) bond motifs is 1. The van der Waals surface area contributed by atoms with Crippen LogP contribution >= 0.6 is 24.4 Å². The number of anilines is 1. The molecule has 4 rings (SSSR count). The van der Waals surface area contributed by atoms with Crippen LogP contribution in [0, 0.1) is 5.82 Å². The number of aromatic nitrogens is 5. The van der Waals surface area contributed by atoms with Crippen LogP contribution in [0.25, 0.3) is 22.4 Å². The molecular weight excluding hydrogens is 441 g/mol. The van der Waals surface area contributed by atoms with Crippen molar-refractivity contribution in [2.24, 2.45) is 0 Å². The van der Waals surface area contributed by atoms with E-state index >= 15 is 0 Å². The van der Waals surface area contributed by atoms with Gasteiger partial charge in [-0.2, -0.15) is 5.10 Å². The number of hydrogen-bond donors (Lipinski definition) is 2. The molecule has 0 aliphatic rings. The minimum atomic E-state index is -0.461. The molecule has 3 heterocycles. The second kappa shape index (κ2) is 8.86. The summed E-state index contributed by atoms with van der Waals surface area (Å²) in [7, 11) is 0. The Hall–Kier alpha value is -3.24. The number of amides is 2. The van der Waals surface area contributed by atoms with Gasteiger partial charge in [-0.3, -0.25) is 9.67 Å². The molecule has 0 spiro atoms. The van der Waals surface area contributed by atoms with Crippen molar-refractivity contribution < 1.29 is 9.18 Å². The number of benzene rings is 1. The average Bonchev–Trinajstić information content (AvgIpc) is 3.23. The van der Waals surface area contributed by atoms with E-state index < -0.39 is 5.82 Å². The summed E-state index contributed by atoms with van der Waals surface area (Å²) in [5.41, 5.74) is 3.08. The Morgan fingerprint density at radius 3 is 2.87 bits per heavy atom. The Morgan fingerprint density at radius 2 is 2.10 bits per heavy atom. The molecule has 31 heavy (non-hydrogen) atoms. The first-order valence-corrected chi connectivity index (χ1v) is 10.1. The van der Waals surface area contributed by atoms with Crippen LogP contribution < -0.4 is 9.62 Å². The summed E-state index contributed by atoms with van der Waals surface area (Å²) < 4.78 is 16.2. The van der Waals surface area contributed by atoms with Gasteiger partial charge in [-0.1, -0.05) is 30.5 Å². The zero-order chi connectivity index (χ0) is 22.0. The van der Waals surface area contributed by atoms with Gasteiger partial charge in [0.2, 0.25) is 0 Å². The zero-order valence-corrected chi connectivity index (χ0v) is 18.0. The lowest BCUT2D eigenvalue weighted by Gasteiger charge is -2.14. The van der Waals surface area contributed by atoms with Crippen molar-refractivity contribution in [3.05, 3.63) is 65.3 Å². The fraction of sp³-hybridized carbons (Fsp3) is 0.150. The van der Waals surface area contributed by atoms with Gasteiger partial charge in [0.15, 0.2) is 5.65 Å². The summed E-state index contributed by atoms with van der Waals surface area (Å²) in [4.78, 5) is 25.3. The van der Waals surface area contributed by atoms with Gasteiger partial charge in [-0.25, -0.2) is 23.5 Å². The van der Waals surface area contributed by atoms with Crippen molar-refractivity contribution in [1.82, 2.24) is 30.0 Å². The summed E-state index contributed by atoms with van der Waals surface area (Å²) in [6, 6.07) is 7.53. The van der Waals surface area contributed by atoms with Crippen molar-refractivity contribution in [3.63, 3.8) is 0 Å². The number of halogens is 2. The van der Waals surface area contributed by atoms with Crippen LogP contribution in [0.15, 0.2) is 48.9 Å². The fourth-order valence-electron chi connectivity index (χ4n) is 2.88. The van der Waals surface area contributed by atoms with Crippen LogP contribution in [0.3, 0.4) is 0 Å². The predicted molar refractivity (Wildman–Crippen MR) is 120 cm³/mol. The van der Waals surface area contributed by atoms with Gasteiger partial charge in [0.25, 0.3) is 0 Å². The van der Waals surface area contributed by atoms with E-state index in [-0.39, 0.29) is 11.1 Å². The highest BCUT2D eigenvalue weighted by Crippen LogP contribution is 2.22. The molecule has 0 atom stereocenters. The van der Waals surface area contributed by atoms with Crippen LogP contribution in [-0.2, 0) is 6.54 Å². The van der Waals surface area contributed by atoms with E-state index in [9.17, 15) is 9.18 Å². The number of rotatable bonds is 5. The van der Waals surface area contributed by atoms with Crippen molar-refractivity contribution in [2.75, 3.05) is 10.8 Å². The maximum absolute atomic E-state index is 13.3. The summed E-state index contributed by atoms with van der Waals surface area (Å²) in [6.07, 6.45) is 5.09. The highest BCUT2D eigenvalue weighted by Gasteiger charge is 2.14. The Morgan fingerprint density at radius 1 is 1.26 bits per heavy atom. The molecule has 3 aromatic heterocycles. The van der Waals surface area contributed by atoms with E-state index in [1.165, 1.54) is 6.07 Å². The van der Waals surface area contributed by atoms with Gasteiger partial charge in [-0.05, 0) is 36.8 Å². The molecule has 0 unspecified atom stereocenters. The van der Waals surface area contributed by atoms with Gasteiger partial charge in [0.05, 0.1) is 29.7 Å². The third kappa shape index (κ3) is 4.59. The summed E-state index contributed by atoms with van der Waals surface area (Å²) in [5.74, 6) is -0.131. The van der Waals surface area contributed by atoms with Crippen molar-refractivity contribution in [2.45, 2.75) is 13.5 Å². The van der Waals surface area contributed by atoms with Gasteiger partial charge in [0, 0.05) is 18.3 Å². The van der Waals surface area contributed by atoms with E-state index in [1.807, 2.05) is 6.92 Å².